The van der Waals surface area contributed by atoms with E-state index in [1.807, 2.05) is 4.90 Å². The number of hydrogen-bond acceptors (Lipinski definition) is 2. The van der Waals surface area contributed by atoms with Crippen molar-refractivity contribution in [2.75, 3.05) is 25.0 Å². The number of benzene rings is 1. The third-order valence-corrected chi connectivity index (χ3v) is 2.99. The highest BCUT2D eigenvalue weighted by molar-refractivity contribution is 5.63. The summed E-state index contributed by atoms with van der Waals surface area (Å²) in [7, 11) is 1.79. The molecule has 0 saturated carbocycles. The van der Waals surface area contributed by atoms with Crippen molar-refractivity contribution in [2.24, 2.45) is 5.73 Å². The Morgan fingerprint density at radius 2 is 2.12 bits per heavy atom. The van der Waals surface area contributed by atoms with Crippen LogP contribution in [0.4, 0.5) is 18.9 Å². The molecule has 88 valence electrons. The highest BCUT2D eigenvalue weighted by Crippen LogP contribution is 2.43. The Balaban J connectivity index is 2.58. The fourth-order valence-electron chi connectivity index (χ4n) is 2.27. The molecule has 5 heteroatoms. The van der Waals surface area contributed by atoms with Gasteiger partial charge in [-0.05, 0) is 17.7 Å². The van der Waals surface area contributed by atoms with Gasteiger partial charge in [0.15, 0.2) is 0 Å². The van der Waals surface area contributed by atoms with Crippen molar-refractivity contribution in [3.05, 3.63) is 29.3 Å². The molecule has 0 bridgehead atoms. The summed E-state index contributed by atoms with van der Waals surface area (Å²) in [6.45, 7) is 0.795. The number of anilines is 1. The van der Waals surface area contributed by atoms with Gasteiger partial charge in [0.25, 0.3) is 0 Å². The zero-order valence-electron chi connectivity index (χ0n) is 8.88. The van der Waals surface area contributed by atoms with E-state index < -0.39 is 11.7 Å². The van der Waals surface area contributed by atoms with Gasteiger partial charge >= 0.3 is 6.18 Å². The molecule has 0 fully saturated rings. The summed E-state index contributed by atoms with van der Waals surface area (Å²) in [5.74, 6) is -0.224. The number of fused-ring (bicyclic) bond motifs is 1. The summed E-state index contributed by atoms with van der Waals surface area (Å²) in [5, 5.41) is 0. The molecule has 2 rings (SSSR count). The molecule has 1 aliphatic heterocycles. The van der Waals surface area contributed by atoms with Crippen LogP contribution in [0.3, 0.4) is 0 Å². The van der Waals surface area contributed by atoms with Crippen molar-refractivity contribution in [1.29, 1.82) is 0 Å². The lowest BCUT2D eigenvalue weighted by molar-refractivity contribution is -0.138. The third-order valence-electron chi connectivity index (χ3n) is 2.99. The highest BCUT2D eigenvalue weighted by Gasteiger charge is 2.39. The SMILES string of the molecule is CN1CC(CN)c2c1cccc2C(F)(F)F. The molecule has 0 aliphatic carbocycles. The maximum atomic E-state index is 12.8. The minimum Gasteiger partial charge on any atom is -0.374 e. The van der Waals surface area contributed by atoms with Crippen LogP contribution in [0.25, 0.3) is 0 Å². The second-order valence-electron chi connectivity index (χ2n) is 4.05. The standard InChI is InChI=1S/C11H13F3N2/c1-16-6-7(5-15)10-8(11(12,13)14)3-2-4-9(10)16/h2-4,7H,5-6,15H2,1H3. The monoisotopic (exact) mass is 230 g/mol. The molecular formula is C11H13F3N2. The lowest BCUT2D eigenvalue weighted by Gasteiger charge is -2.15. The zero-order valence-corrected chi connectivity index (χ0v) is 8.88. The molecule has 1 unspecified atom stereocenters. The average Bonchev–Trinajstić information content (AvgIpc) is 2.54. The molecule has 1 heterocycles. The van der Waals surface area contributed by atoms with Crippen molar-refractivity contribution in [3.8, 4) is 0 Å². The van der Waals surface area contributed by atoms with Crippen molar-refractivity contribution >= 4 is 5.69 Å². The van der Waals surface area contributed by atoms with Crippen LogP contribution in [0.1, 0.15) is 17.0 Å². The van der Waals surface area contributed by atoms with Gasteiger partial charge in [0.1, 0.15) is 0 Å². The Hall–Kier alpha value is -1.23. The van der Waals surface area contributed by atoms with E-state index in [4.69, 9.17) is 5.73 Å². The molecule has 1 aromatic carbocycles. The maximum Gasteiger partial charge on any atom is 0.416 e. The summed E-state index contributed by atoms with van der Waals surface area (Å²) in [6.07, 6.45) is -4.30. The topological polar surface area (TPSA) is 29.3 Å². The van der Waals surface area contributed by atoms with E-state index >= 15 is 0 Å². The molecule has 0 saturated heterocycles. The molecule has 1 atom stereocenters. The summed E-state index contributed by atoms with van der Waals surface area (Å²) < 4.78 is 38.5. The maximum absolute atomic E-state index is 12.8. The number of likely N-dealkylation sites (N-methyl/N-ethyl adjacent to an activating group) is 1. The molecule has 0 amide bonds. The van der Waals surface area contributed by atoms with Gasteiger partial charge in [-0.3, -0.25) is 0 Å². The van der Waals surface area contributed by atoms with Gasteiger partial charge in [0.2, 0.25) is 0 Å². The fraction of sp³-hybridized carbons (Fsp3) is 0.455. The van der Waals surface area contributed by atoms with Crippen molar-refractivity contribution in [2.45, 2.75) is 12.1 Å². The molecular weight excluding hydrogens is 217 g/mol. The van der Waals surface area contributed by atoms with E-state index in [9.17, 15) is 13.2 Å². The Bertz CT molecular complexity index is 401. The van der Waals surface area contributed by atoms with E-state index in [1.165, 1.54) is 6.07 Å². The van der Waals surface area contributed by atoms with Gasteiger partial charge < -0.3 is 10.6 Å². The van der Waals surface area contributed by atoms with Gasteiger partial charge in [0.05, 0.1) is 5.56 Å². The minimum absolute atomic E-state index is 0.224. The first-order chi connectivity index (χ1) is 7.45. The molecule has 1 aliphatic rings. The summed E-state index contributed by atoms with van der Waals surface area (Å²) >= 11 is 0. The number of nitrogens with zero attached hydrogens (tertiary/aromatic N) is 1. The Morgan fingerprint density at radius 1 is 1.44 bits per heavy atom. The van der Waals surface area contributed by atoms with E-state index in [1.54, 1.807) is 13.1 Å². The highest BCUT2D eigenvalue weighted by atomic mass is 19.4. The fourth-order valence-corrected chi connectivity index (χ4v) is 2.27. The summed E-state index contributed by atoms with van der Waals surface area (Å²) in [5.41, 5.74) is 5.97. The van der Waals surface area contributed by atoms with Gasteiger partial charge in [-0.2, -0.15) is 13.2 Å². The van der Waals surface area contributed by atoms with Gasteiger partial charge in [-0.25, -0.2) is 0 Å². The normalized spacial score (nSPS) is 20.1. The lowest BCUT2D eigenvalue weighted by Crippen LogP contribution is -2.20. The van der Waals surface area contributed by atoms with Crippen molar-refractivity contribution < 1.29 is 13.2 Å². The molecule has 2 N–H and O–H groups in total. The van der Waals surface area contributed by atoms with E-state index in [2.05, 4.69) is 0 Å². The number of nitrogens with two attached hydrogens (primary N) is 1. The van der Waals surface area contributed by atoms with Gasteiger partial charge in [-0.1, -0.05) is 6.07 Å². The van der Waals surface area contributed by atoms with E-state index in [0.29, 0.717) is 17.8 Å². The predicted molar refractivity (Wildman–Crippen MR) is 56.5 cm³/mol. The third kappa shape index (κ3) is 1.65. The number of hydrogen-bond donors (Lipinski definition) is 1. The quantitative estimate of drug-likeness (QED) is 0.801. The van der Waals surface area contributed by atoms with Crippen LogP contribution < -0.4 is 10.6 Å². The zero-order chi connectivity index (χ0) is 11.9. The smallest absolute Gasteiger partial charge is 0.374 e. The van der Waals surface area contributed by atoms with Crippen LogP contribution in [-0.2, 0) is 6.18 Å². The largest absolute Gasteiger partial charge is 0.416 e. The number of rotatable bonds is 1. The first kappa shape index (κ1) is 11.3. The van der Waals surface area contributed by atoms with Crippen LogP contribution in [-0.4, -0.2) is 20.1 Å². The Labute approximate surface area is 91.8 Å². The summed E-state index contributed by atoms with van der Waals surface area (Å²) in [4.78, 5) is 1.82. The molecule has 16 heavy (non-hydrogen) atoms. The molecule has 0 spiro atoms. The van der Waals surface area contributed by atoms with Gasteiger partial charge in [0, 0.05) is 31.7 Å². The van der Waals surface area contributed by atoms with Crippen LogP contribution in [0.15, 0.2) is 18.2 Å². The van der Waals surface area contributed by atoms with E-state index in [0.717, 1.165) is 6.07 Å². The second kappa shape index (κ2) is 3.66. The lowest BCUT2D eigenvalue weighted by atomic mass is 9.95. The molecule has 1 aromatic rings. The van der Waals surface area contributed by atoms with Gasteiger partial charge in [-0.15, -0.1) is 0 Å². The average molecular weight is 230 g/mol. The first-order valence-corrected chi connectivity index (χ1v) is 5.06. The molecule has 2 nitrogen and oxygen atoms in total. The molecule has 0 radical (unpaired) electrons. The number of alkyl halides is 3. The first-order valence-electron chi connectivity index (χ1n) is 5.06. The van der Waals surface area contributed by atoms with Crippen LogP contribution in [0.2, 0.25) is 0 Å². The molecule has 0 aromatic heterocycles. The minimum atomic E-state index is -4.30. The van der Waals surface area contributed by atoms with Crippen LogP contribution in [0, 0.1) is 0 Å². The van der Waals surface area contributed by atoms with Crippen molar-refractivity contribution in [3.63, 3.8) is 0 Å². The predicted octanol–water partition coefficient (Wildman–Crippen LogP) is 2.20. The second-order valence-corrected chi connectivity index (χ2v) is 4.05. The van der Waals surface area contributed by atoms with E-state index in [-0.39, 0.29) is 12.5 Å². The van der Waals surface area contributed by atoms with Crippen LogP contribution >= 0.6 is 0 Å². The van der Waals surface area contributed by atoms with Crippen LogP contribution in [0.5, 0.6) is 0 Å². The summed E-state index contributed by atoms with van der Waals surface area (Å²) in [6, 6.07) is 4.28. The number of halogens is 3. The Kier molecular flexibility index (Phi) is 2.58. The van der Waals surface area contributed by atoms with Crippen molar-refractivity contribution in [1.82, 2.24) is 0 Å². The Morgan fingerprint density at radius 3 is 2.69 bits per heavy atom.